The minimum atomic E-state index is 0.0702. The van der Waals surface area contributed by atoms with Gasteiger partial charge in [0.15, 0.2) is 0 Å². The van der Waals surface area contributed by atoms with Crippen molar-refractivity contribution in [3.05, 3.63) is 69.7 Å². The van der Waals surface area contributed by atoms with Crippen LogP contribution in [-0.2, 0) is 11.8 Å². The van der Waals surface area contributed by atoms with Gasteiger partial charge in [0.25, 0.3) is 0 Å². The van der Waals surface area contributed by atoms with E-state index in [1.165, 1.54) is 5.56 Å². The molecule has 0 saturated heterocycles. The van der Waals surface area contributed by atoms with Crippen molar-refractivity contribution in [3.63, 3.8) is 0 Å². The van der Waals surface area contributed by atoms with Gasteiger partial charge < -0.3 is 5.73 Å². The first-order valence-electron chi connectivity index (χ1n) is 6.87. The van der Waals surface area contributed by atoms with Crippen molar-refractivity contribution >= 4 is 23.2 Å². The van der Waals surface area contributed by atoms with Crippen LogP contribution in [0.15, 0.2) is 48.5 Å². The lowest BCUT2D eigenvalue weighted by atomic mass is 9.85. The highest BCUT2D eigenvalue weighted by atomic mass is 35.5. The highest BCUT2D eigenvalue weighted by Gasteiger charge is 2.48. The SMILES string of the molecule is NC(Cc1cc(Cl)ccc1Cl)C1(c2ccccc2)CC1. The molecule has 1 aliphatic rings. The first kappa shape index (κ1) is 13.9. The molecule has 1 saturated carbocycles. The van der Waals surface area contributed by atoms with Crippen LogP contribution in [0.3, 0.4) is 0 Å². The summed E-state index contributed by atoms with van der Waals surface area (Å²) in [6, 6.07) is 16.2. The molecule has 0 heterocycles. The van der Waals surface area contributed by atoms with Crippen LogP contribution < -0.4 is 5.73 Å². The van der Waals surface area contributed by atoms with Crippen molar-refractivity contribution in [2.75, 3.05) is 0 Å². The highest BCUT2D eigenvalue weighted by Crippen LogP contribution is 2.51. The van der Waals surface area contributed by atoms with E-state index in [2.05, 4.69) is 24.3 Å². The number of rotatable bonds is 4. The Hall–Kier alpha value is -1.02. The van der Waals surface area contributed by atoms with Gasteiger partial charge in [0.05, 0.1) is 0 Å². The van der Waals surface area contributed by atoms with Gasteiger partial charge >= 0.3 is 0 Å². The lowest BCUT2D eigenvalue weighted by Gasteiger charge is -2.24. The van der Waals surface area contributed by atoms with Crippen LogP contribution in [0.2, 0.25) is 10.0 Å². The maximum Gasteiger partial charge on any atom is 0.0439 e. The molecule has 2 N–H and O–H groups in total. The highest BCUT2D eigenvalue weighted by molar-refractivity contribution is 6.33. The minimum absolute atomic E-state index is 0.0702. The van der Waals surface area contributed by atoms with Crippen LogP contribution in [0.25, 0.3) is 0 Å². The number of nitrogens with two attached hydrogens (primary N) is 1. The minimum Gasteiger partial charge on any atom is -0.327 e. The summed E-state index contributed by atoms with van der Waals surface area (Å²) in [6.07, 6.45) is 3.06. The van der Waals surface area contributed by atoms with Crippen molar-refractivity contribution in [2.45, 2.75) is 30.7 Å². The molecule has 3 rings (SSSR count). The molecule has 3 heteroatoms. The molecule has 1 aliphatic carbocycles. The maximum absolute atomic E-state index is 6.50. The van der Waals surface area contributed by atoms with E-state index < -0.39 is 0 Å². The second-order valence-electron chi connectivity index (χ2n) is 5.57. The molecule has 1 unspecified atom stereocenters. The molecule has 2 aromatic carbocycles. The third kappa shape index (κ3) is 2.58. The molecule has 0 aliphatic heterocycles. The molecule has 1 nitrogen and oxygen atoms in total. The van der Waals surface area contributed by atoms with Gasteiger partial charge in [0.2, 0.25) is 0 Å². The topological polar surface area (TPSA) is 26.0 Å². The van der Waals surface area contributed by atoms with Gasteiger partial charge in [-0.1, -0.05) is 53.5 Å². The quantitative estimate of drug-likeness (QED) is 0.878. The lowest BCUT2D eigenvalue weighted by molar-refractivity contribution is 0.514. The molecule has 0 spiro atoms. The number of benzene rings is 2. The zero-order valence-electron chi connectivity index (χ0n) is 11.2. The van der Waals surface area contributed by atoms with E-state index in [-0.39, 0.29) is 11.5 Å². The van der Waals surface area contributed by atoms with Gasteiger partial charge in [-0.05, 0) is 48.6 Å². The van der Waals surface area contributed by atoms with Gasteiger partial charge in [-0.15, -0.1) is 0 Å². The van der Waals surface area contributed by atoms with Gasteiger partial charge in [-0.2, -0.15) is 0 Å². The van der Waals surface area contributed by atoms with Crippen molar-refractivity contribution in [1.29, 1.82) is 0 Å². The second kappa shape index (κ2) is 5.40. The predicted octanol–water partition coefficient (Wildman–Crippen LogP) is 4.60. The number of halogens is 2. The zero-order valence-corrected chi connectivity index (χ0v) is 12.7. The molecule has 104 valence electrons. The molecule has 2 aromatic rings. The summed E-state index contributed by atoms with van der Waals surface area (Å²) in [7, 11) is 0. The standard InChI is InChI=1S/C17H17Cl2N/c18-14-6-7-15(19)12(10-14)11-16(20)17(8-9-17)13-4-2-1-3-5-13/h1-7,10,16H,8-9,11,20H2. The first-order chi connectivity index (χ1) is 9.62. The molecule has 20 heavy (non-hydrogen) atoms. The Morgan fingerprint density at radius 3 is 2.40 bits per heavy atom. The molecule has 1 atom stereocenters. The average Bonchev–Trinajstić information content (AvgIpc) is 3.25. The van der Waals surface area contributed by atoms with Crippen molar-refractivity contribution < 1.29 is 0 Å². The Morgan fingerprint density at radius 1 is 1.05 bits per heavy atom. The Morgan fingerprint density at radius 2 is 1.75 bits per heavy atom. The van der Waals surface area contributed by atoms with E-state index >= 15 is 0 Å². The molecule has 0 bridgehead atoms. The van der Waals surface area contributed by atoms with Crippen LogP contribution in [-0.4, -0.2) is 6.04 Å². The Labute approximate surface area is 129 Å². The number of hydrogen-bond donors (Lipinski definition) is 1. The molecular formula is C17H17Cl2N. The zero-order chi connectivity index (χ0) is 14.2. The van der Waals surface area contributed by atoms with Crippen molar-refractivity contribution in [2.24, 2.45) is 5.73 Å². The van der Waals surface area contributed by atoms with Crippen molar-refractivity contribution in [3.8, 4) is 0 Å². The lowest BCUT2D eigenvalue weighted by Crippen LogP contribution is -2.36. The molecule has 0 amide bonds. The van der Waals surface area contributed by atoms with Crippen molar-refractivity contribution in [1.82, 2.24) is 0 Å². The molecular weight excluding hydrogens is 289 g/mol. The number of hydrogen-bond acceptors (Lipinski definition) is 1. The van der Waals surface area contributed by atoms with Gasteiger partial charge in [-0.25, -0.2) is 0 Å². The molecule has 1 fully saturated rings. The summed E-state index contributed by atoms with van der Waals surface area (Å²) in [5.74, 6) is 0. The van der Waals surface area contributed by atoms with E-state index in [1.54, 1.807) is 0 Å². The van der Waals surface area contributed by atoms with E-state index in [0.29, 0.717) is 5.02 Å². The Bertz CT molecular complexity index is 606. The summed E-state index contributed by atoms with van der Waals surface area (Å²) < 4.78 is 0. The van der Waals surface area contributed by atoms with E-state index in [1.807, 2.05) is 24.3 Å². The first-order valence-corrected chi connectivity index (χ1v) is 7.62. The van der Waals surface area contributed by atoms with Crippen LogP contribution in [0.5, 0.6) is 0 Å². The summed E-state index contributed by atoms with van der Waals surface area (Å²) in [4.78, 5) is 0. The van der Waals surface area contributed by atoms with E-state index in [0.717, 1.165) is 29.8 Å². The maximum atomic E-state index is 6.50. The summed E-state index contributed by atoms with van der Waals surface area (Å²) in [6.45, 7) is 0. The van der Waals surface area contributed by atoms with E-state index in [9.17, 15) is 0 Å². The summed E-state index contributed by atoms with van der Waals surface area (Å²) >= 11 is 12.3. The fraction of sp³-hybridized carbons (Fsp3) is 0.294. The largest absolute Gasteiger partial charge is 0.327 e. The average molecular weight is 306 g/mol. The summed E-state index contributed by atoms with van der Waals surface area (Å²) in [5, 5.41) is 1.45. The van der Waals surface area contributed by atoms with Crippen LogP contribution >= 0.6 is 23.2 Å². The Balaban J connectivity index is 1.83. The van der Waals surface area contributed by atoms with Crippen LogP contribution in [0.1, 0.15) is 24.0 Å². The second-order valence-corrected chi connectivity index (χ2v) is 6.41. The molecule has 0 aromatic heterocycles. The third-order valence-corrected chi connectivity index (χ3v) is 4.90. The third-order valence-electron chi connectivity index (χ3n) is 4.29. The Kier molecular flexibility index (Phi) is 3.76. The molecule has 0 radical (unpaired) electrons. The van der Waals surface area contributed by atoms with E-state index in [4.69, 9.17) is 28.9 Å². The van der Waals surface area contributed by atoms with Gasteiger partial charge in [-0.3, -0.25) is 0 Å². The van der Waals surface area contributed by atoms with Gasteiger partial charge in [0, 0.05) is 21.5 Å². The summed E-state index contributed by atoms with van der Waals surface area (Å²) in [5.41, 5.74) is 8.99. The fourth-order valence-electron chi connectivity index (χ4n) is 2.91. The van der Waals surface area contributed by atoms with Crippen LogP contribution in [0.4, 0.5) is 0 Å². The monoisotopic (exact) mass is 305 g/mol. The smallest absolute Gasteiger partial charge is 0.0439 e. The fourth-order valence-corrected chi connectivity index (χ4v) is 3.30. The van der Waals surface area contributed by atoms with Crippen LogP contribution in [0, 0.1) is 0 Å². The normalized spacial score (nSPS) is 17.8. The van der Waals surface area contributed by atoms with Gasteiger partial charge in [0.1, 0.15) is 0 Å². The predicted molar refractivity (Wildman–Crippen MR) is 85.5 cm³/mol.